The van der Waals surface area contributed by atoms with Gasteiger partial charge in [-0.25, -0.2) is 0 Å². The molecule has 0 spiro atoms. The summed E-state index contributed by atoms with van der Waals surface area (Å²) < 4.78 is 4.83. The third kappa shape index (κ3) is 1.95. The maximum atomic E-state index is 11.8. The zero-order valence-corrected chi connectivity index (χ0v) is 9.02. The Morgan fingerprint density at radius 2 is 2.38 bits per heavy atom. The highest BCUT2D eigenvalue weighted by Gasteiger charge is 2.16. The van der Waals surface area contributed by atoms with Crippen LogP contribution in [0.25, 0.3) is 0 Å². The SMILES string of the molecule is Cc1oncc1C(=O)NC(C)c1cn[nH]c1. The second kappa shape index (κ2) is 4.18. The summed E-state index contributed by atoms with van der Waals surface area (Å²) in [7, 11) is 0. The summed E-state index contributed by atoms with van der Waals surface area (Å²) in [5.74, 6) is 0.310. The van der Waals surface area contributed by atoms with Crippen molar-refractivity contribution in [3.8, 4) is 0 Å². The van der Waals surface area contributed by atoms with Gasteiger partial charge in [-0.3, -0.25) is 9.89 Å². The van der Waals surface area contributed by atoms with E-state index in [4.69, 9.17) is 4.52 Å². The van der Waals surface area contributed by atoms with E-state index in [1.54, 1.807) is 19.3 Å². The standard InChI is InChI=1S/C10H12N4O2/c1-6(8-3-11-12-4-8)14-10(15)9-5-13-16-7(9)2/h3-6H,1-2H3,(H,11,12)(H,14,15). The summed E-state index contributed by atoms with van der Waals surface area (Å²) in [6, 6.07) is -0.111. The molecule has 1 unspecified atom stereocenters. The lowest BCUT2D eigenvalue weighted by Crippen LogP contribution is -2.26. The Balaban J connectivity index is 2.06. The molecule has 0 bridgehead atoms. The minimum atomic E-state index is -0.201. The predicted octanol–water partition coefficient (Wildman–Crippen LogP) is 1.20. The number of aromatic nitrogens is 3. The van der Waals surface area contributed by atoms with Crippen LogP contribution in [0.2, 0.25) is 0 Å². The van der Waals surface area contributed by atoms with E-state index < -0.39 is 0 Å². The number of H-pyrrole nitrogens is 1. The van der Waals surface area contributed by atoms with Gasteiger partial charge in [-0.15, -0.1) is 0 Å². The van der Waals surface area contributed by atoms with E-state index in [0.29, 0.717) is 11.3 Å². The van der Waals surface area contributed by atoms with Gasteiger partial charge in [-0.1, -0.05) is 5.16 Å². The van der Waals surface area contributed by atoms with E-state index in [1.165, 1.54) is 6.20 Å². The van der Waals surface area contributed by atoms with E-state index >= 15 is 0 Å². The molecule has 0 aliphatic rings. The fourth-order valence-corrected chi connectivity index (χ4v) is 1.37. The third-order valence-electron chi connectivity index (χ3n) is 2.36. The number of aromatic amines is 1. The maximum absolute atomic E-state index is 11.8. The molecule has 2 aromatic rings. The van der Waals surface area contributed by atoms with Crippen molar-refractivity contribution < 1.29 is 9.32 Å². The molecule has 6 heteroatoms. The van der Waals surface area contributed by atoms with E-state index in [1.807, 2.05) is 6.92 Å². The summed E-state index contributed by atoms with van der Waals surface area (Å²) in [5.41, 5.74) is 1.37. The number of amides is 1. The number of carbonyl (C=O) groups excluding carboxylic acids is 1. The van der Waals surface area contributed by atoms with Crippen molar-refractivity contribution >= 4 is 5.91 Å². The van der Waals surface area contributed by atoms with Crippen molar-refractivity contribution in [1.82, 2.24) is 20.7 Å². The first-order chi connectivity index (χ1) is 7.68. The molecule has 0 aliphatic carbocycles. The monoisotopic (exact) mass is 220 g/mol. The van der Waals surface area contributed by atoms with Crippen LogP contribution in [0.15, 0.2) is 23.1 Å². The number of hydrogen-bond donors (Lipinski definition) is 2. The second-order valence-corrected chi connectivity index (χ2v) is 3.52. The van der Waals surface area contributed by atoms with Gasteiger partial charge in [0.15, 0.2) is 0 Å². The average molecular weight is 220 g/mol. The van der Waals surface area contributed by atoms with Crippen molar-refractivity contribution in [2.24, 2.45) is 0 Å². The van der Waals surface area contributed by atoms with Crippen LogP contribution in [0.3, 0.4) is 0 Å². The van der Waals surface area contributed by atoms with Gasteiger partial charge in [0.1, 0.15) is 11.3 Å². The van der Waals surface area contributed by atoms with Crippen LogP contribution in [-0.2, 0) is 0 Å². The molecule has 2 heterocycles. The largest absolute Gasteiger partial charge is 0.361 e. The molecule has 1 atom stereocenters. The van der Waals surface area contributed by atoms with Crippen molar-refractivity contribution in [3.05, 3.63) is 35.5 Å². The summed E-state index contributed by atoms with van der Waals surface area (Å²) >= 11 is 0. The molecule has 2 N–H and O–H groups in total. The van der Waals surface area contributed by atoms with Crippen LogP contribution in [0.4, 0.5) is 0 Å². The van der Waals surface area contributed by atoms with Crippen LogP contribution in [0.1, 0.15) is 34.6 Å². The highest BCUT2D eigenvalue weighted by atomic mass is 16.5. The van der Waals surface area contributed by atoms with E-state index in [0.717, 1.165) is 5.56 Å². The Hall–Kier alpha value is -2.11. The van der Waals surface area contributed by atoms with Gasteiger partial charge in [0, 0.05) is 11.8 Å². The molecule has 16 heavy (non-hydrogen) atoms. The molecule has 0 saturated heterocycles. The molecule has 2 aromatic heterocycles. The number of carbonyl (C=O) groups is 1. The zero-order valence-electron chi connectivity index (χ0n) is 9.02. The van der Waals surface area contributed by atoms with Crippen LogP contribution in [0.5, 0.6) is 0 Å². The Morgan fingerprint density at radius 3 is 2.94 bits per heavy atom. The molecule has 6 nitrogen and oxygen atoms in total. The molecule has 0 radical (unpaired) electrons. The van der Waals surface area contributed by atoms with E-state index in [2.05, 4.69) is 20.7 Å². The van der Waals surface area contributed by atoms with Crippen LogP contribution < -0.4 is 5.32 Å². The number of nitrogens with one attached hydrogen (secondary N) is 2. The first-order valence-corrected chi connectivity index (χ1v) is 4.89. The van der Waals surface area contributed by atoms with Gasteiger partial charge >= 0.3 is 0 Å². The van der Waals surface area contributed by atoms with E-state index in [-0.39, 0.29) is 11.9 Å². The summed E-state index contributed by atoms with van der Waals surface area (Å²) in [4.78, 5) is 11.8. The topological polar surface area (TPSA) is 83.8 Å². The van der Waals surface area contributed by atoms with Crippen molar-refractivity contribution in [2.45, 2.75) is 19.9 Å². The molecule has 1 amide bonds. The van der Waals surface area contributed by atoms with Gasteiger partial charge in [0.05, 0.1) is 18.4 Å². The van der Waals surface area contributed by atoms with Gasteiger partial charge in [0.2, 0.25) is 0 Å². The summed E-state index contributed by atoms with van der Waals surface area (Å²) in [6.45, 7) is 3.58. The average Bonchev–Trinajstić information content (AvgIpc) is 2.86. The lowest BCUT2D eigenvalue weighted by atomic mass is 10.1. The normalized spacial score (nSPS) is 12.4. The number of rotatable bonds is 3. The first-order valence-electron chi connectivity index (χ1n) is 4.89. The molecule has 2 rings (SSSR count). The minimum absolute atomic E-state index is 0.111. The number of hydrogen-bond acceptors (Lipinski definition) is 4. The highest BCUT2D eigenvalue weighted by Crippen LogP contribution is 2.12. The second-order valence-electron chi connectivity index (χ2n) is 3.52. The first kappa shape index (κ1) is 10.4. The predicted molar refractivity (Wildman–Crippen MR) is 55.7 cm³/mol. The highest BCUT2D eigenvalue weighted by molar-refractivity contribution is 5.94. The Kier molecular flexibility index (Phi) is 2.72. The molecular formula is C10H12N4O2. The van der Waals surface area contributed by atoms with Gasteiger partial charge in [0.25, 0.3) is 5.91 Å². The van der Waals surface area contributed by atoms with Crippen LogP contribution in [-0.4, -0.2) is 21.3 Å². The molecule has 0 aromatic carbocycles. The third-order valence-corrected chi connectivity index (χ3v) is 2.36. The number of nitrogens with zero attached hydrogens (tertiary/aromatic N) is 2. The van der Waals surface area contributed by atoms with Gasteiger partial charge < -0.3 is 9.84 Å². The van der Waals surface area contributed by atoms with E-state index in [9.17, 15) is 4.79 Å². The minimum Gasteiger partial charge on any atom is -0.361 e. The molecule has 0 aliphatic heterocycles. The fourth-order valence-electron chi connectivity index (χ4n) is 1.37. The van der Waals surface area contributed by atoms with Crippen molar-refractivity contribution in [3.63, 3.8) is 0 Å². The lowest BCUT2D eigenvalue weighted by molar-refractivity contribution is 0.0938. The van der Waals surface area contributed by atoms with Crippen molar-refractivity contribution in [1.29, 1.82) is 0 Å². The summed E-state index contributed by atoms with van der Waals surface area (Å²) in [5, 5.41) is 12.9. The Labute approximate surface area is 92.0 Å². The van der Waals surface area contributed by atoms with Crippen LogP contribution >= 0.6 is 0 Å². The molecule has 0 saturated carbocycles. The quantitative estimate of drug-likeness (QED) is 0.813. The van der Waals surface area contributed by atoms with Crippen LogP contribution in [0, 0.1) is 6.92 Å². The molecule has 0 fully saturated rings. The molecular weight excluding hydrogens is 208 g/mol. The number of aryl methyl sites for hydroxylation is 1. The van der Waals surface area contributed by atoms with Crippen molar-refractivity contribution in [2.75, 3.05) is 0 Å². The Bertz CT molecular complexity index is 475. The van der Waals surface area contributed by atoms with Gasteiger partial charge in [-0.05, 0) is 13.8 Å². The lowest BCUT2D eigenvalue weighted by Gasteiger charge is -2.10. The van der Waals surface area contributed by atoms with Gasteiger partial charge in [-0.2, -0.15) is 5.10 Å². The maximum Gasteiger partial charge on any atom is 0.256 e. The summed E-state index contributed by atoms with van der Waals surface area (Å²) in [6.07, 6.45) is 4.82. The molecule has 84 valence electrons. The smallest absolute Gasteiger partial charge is 0.256 e. The fraction of sp³-hybridized carbons (Fsp3) is 0.300. The Morgan fingerprint density at radius 1 is 1.56 bits per heavy atom. The zero-order chi connectivity index (χ0) is 11.5.